The number of hydrogen-bond donors (Lipinski definition) is 2. The summed E-state index contributed by atoms with van der Waals surface area (Å²) in [6.45, 7) is 3.09. The van der Waals surface area contributed by atoms with Gasteiger partial charge in [-0.15, -0.1) is 0 Å². The summed E-state index contributed by atoms with van der Waals surface area (Å²) in [5, 5.41) is 7.60. The maximum Gasteiger partial charge on any atom is 0.175 e. The Morgan fingerprint density at radius 3 is 2.54 bits per heavy atom. The summed E-state index contributed by atoms with van der Waals surface area (Å²) < 4.78 is 12.3. The van der Waals surface area contributed by atoms with Crippen LogP contribution in [0.4, 0.5) is 0 Å². The van der Waals surface area contributed by atoms with Crippen LogP contribution in [0.25, 0.3) is 0 Å². The number of nitrogens with one attached hydrogen (secondary N) is 2. The molecule has 0 amide bonds. The lowest BCUT2D eigenvalue weighted by Gasteiger charge is -2.15. The van der Waals surface area contributed by atoms with E-state index in [-0.39, 0.29) is 0 Å². The third-order valence-corrected chi connectivity index (χ3v) is 5.09. The Kier molecular flexibility index (Phi) is 9.02. The molecule has 0 saturated heterocycles. The minimum atomic E-state index is 0.369. The van der Waals surface area contributed by atoms with Gasteiger partial charge in [-0.3, -0.25) is 0 Å². The van der Waals surface area contributed by atoms with E-state index < -0.39 is 0 Å². The lowest BCUT2D eigenvalue weighted by molar-refractivity contribution is 0.282. The third kappa shape index (κ3) is 6.32. The monoisotopic (exact) mass is 460 g/mol. The number of hydrogen-bond acceptors (Lipinski definition) is 4. The zero-order valence-corrected chi connectivity index (χ0v) is 18.0. The van der Waals surface area contributed by atoms with Gasteiger partial charge >= 0.3 is 0 Å². The van der Waals surface area contributed by atoms with Gasteiger partial charge in [0.25, 0.3) is 0 Å². The standard InChI is InChI=1S/C19H23BrCl2N2O2/c1-23-6-3-7-24-11-14-8-15(20)19(18(10-14)25-2)26-12-13-4-5-16(21)17(22)9-13/h4-5,8-10,23-24H,3,6-7,11-12H2,1-2H3. The minimum Gasteiger partial charge on any atom is -0.493 e. The van der Waals surface area contributed by atoms with E-state index >= 15 is 0 Å². The first kappa shape index (κ1) is 21.3. The Morgan fingerprint density at radius 1 is 1.04 bits per heavy atom. The molecule has 2 rings (SSSR count). The summed E-state index contributed by atoms with van der Waals surface area (Å²) in [7, 11) is 3.59. The Labute approximate surface area is 173 Å². The van der Waals surface area contributed by atoms with Crippen molar-refractivity contribution in [2.75, 3.05) is 27.2 Å². The number of halogens is 3. The van der Waals surface area contributed by atoms with E-state index in [1.54, 1.807) is 19.2 Å². The molecular formula is C19H23BrCl2N2O2. The highest BCUT2D eigenvalue weighted by molar-refractivity contribution is 9.10. The largest absolute Gasteiger partial charge is 0.493 e. The number of benzene rings is 2. The van der Waals surface area contributed by atoms with Crippen LogP contribution >= 0.6 is 39.1 Å². The van der Waals surface area contributed by atoms with Crippen LogP contribution in [-0.4, -0.2) is 27.2 Å². The number of methoxy groups -OCH3 is 1. The fraction of sp³-hybridized carbons (Fsp3) is 0.368. The van der Waals surface area contributed by atoms with Gasteiger partial charge in [-0.05, 0) is 77.9 Å². The van der Waals surface area contributed by atoms with Crippen LogP contribution in [0.15, 0.2) is 34.8 Å². The molecule has 0 spiro atoms. The molecule has 142 valence electrons. The van der Waals surface area contributed by atoms with E-state index in [2.05, 4.69) is 26.6 Å². The maximum absolute atomic E-state index is 6.05. The second-order valence-electron chi connectivity index (χ2n) is 5.78. The molecule has 0 aliphatic rings. The average molecular weight is 462 g/mol. The Bertz CT molecular complexity index is 729. The molecule has 4 nitrogen and oxygen atoms in total. The predicted octanol–water partition coefficient (Wildman–Crippen LogP) is 5.04. The molecule has 2 aromatic carbocycles. The highest BCUT2D eigenvalue weighted by atomic mass is 79.9. The second-order valence-corrected chi connectivity index (χ2v) is 7.45. The normalized spacial score (nSPS) is 10.8. The molecule has 0 unspecified atom stereocenters. The first-order valence-electron chi connectivity index (χ1n) is 8.33. The van der Waals surface area contributed by atoms with Crippen molar-refractivity contribution in [2.45, 2.75) is 19.6 Å². The van der Waals surface area contributed by atoms with E-state index in [9.17, 15) is 0 Å². The molecule has 2 N–H and O–H groups in total. The molecule has 0 radical (unpaired) electrons. The van der Waals surface area contributed by atoms with Gasteiger partial charge in [0, 0.05) is 6.54 Å². The molecule has 0 heterocycles. The number of ether oxygens (including phenoxy) is 2. The van der Waals surface area contributed by atoms with Crippen molar-refractivity contribution in [3.05, 3.63) is 56.0 Å². The molecule has 0 saturated carbocycles. The second kappa shape index (κ2) is 11.0. The first-order valence-corrected chi connectivity index (χ1v) is 9.88. The first-order chi connectivity index (χ1) is 12.5. The molecule has 0 aliphatic carbocycles. The van der Waals surface area contributed by atoms with Crippen molar-refractivity contribution in [1.29, 1.82) is 0 Å². The highest BCUT2D eigenvalue weighted by Gasteiger charge is 2.12. The zero-order valence-electron chi connectivity index (χ0n) is 14.9. The van der Waals surface area contributed by atoms with E-state index in [1.807, 2.05) is 25.2 Å². The van der Waals surface area contributed by atoms with E-state index in [0.29, 0.717) is 28.2 Å². The molecule has 0 aliphatic heterocycles. The van der Waals surface area contributed by atoms with Crippen LogP contribution in [0.5, 0.6) is 11.5 Å². The summed E-state index contributed by atoms with van der Waals surface area (Å²) in [4.78, 5) is 0. The van der Waals surface area contributed by atoms with Crippen molar-refractivity contribution in [1.82, 2.24) is 10.6 Å². The van der Waals surface area contributed by atoms with Crippen LogP contribution in [0.3, 0.4) is 0 Å². The Balaban J connectivity index is 2.02. The third-order valence-electron chi connectivity index (χ3n) is 3.77. The van der Waals surface area contributed by atoms with Crippen molar-refractivity contribution in [2.24, 2.45) is 0 Å². The van der Waals surface area contributed by atoms with Crippen LogP contribution in [0, 0.1) is 0 Å². The SMILES string of the molecule is CNCCCNCc1cc(Br)c(OCc2ccc(Cl)c(Cl)c2)c(OC)c1. The van der Waals surface area contributed by atoms with E-state index in [1.165, 1.54) is 0 Å². The quantitative estimate of drug-likeness (QED) is 0.486. The molecule has 7 heteroatoms. The summed E-state index contributed by atoms with van der Waals surface area (Å²) in [5.41, 5.74) is 2.06. The molecular weight excluding hydrogens is 439 g/mol. The van der Waals surface area contributed by atoms with Crippen molar-refractivity contribution >= 4 is 39.1 Å². The molecule has 0 fully saturated rings. The van der Waals surface area contributed by atoms with Crippen molar-refractivity contribution in [3.63, 3.8) is 0 Å². The Morgan fingerprint density at radius 2 is 1.85 bits per heavy atom. The van der Waals surface area contributed by atoms with Crippen molar-refractivity contribution < 1.29 is 9.47 Å². The lowest BCUT2D eigenvalue weighted by Crippen LogP contribution is -2.19. The van der Waals surface area contributed by atoms with Gasteiger partial charge in [-0.2, -0.15) is 0 Å². The van der Waals surface area contributed by atoms with Crippen LogP contribution < -0.4 is 20.1 Å². The maximum atomic E-state index is 6.05. The molecule has 26 heavy (non-hydrogen) atoms. The minimum absolute atomic E-state index is 0.369. The predicted molar refractivity (Wildman–Crippen MR) is 112 cm³/mol. The average Bonchev–Trinajstić information content (AvgIpc) is 2.63. The van der Waals surface area contributed by atoms with Crippen LogP contribution in [0.2, 0.25) is 10.0 Å². The van der Waals surface area contributed by atoms with Crippen molar-refractivity contribution in [3.8, 4) is 11.5 Å². The van der Waals surface area contributed by atoms with Crippen LogP contribution in [-0.2, 0) is 13.2 Å². The summed E-state index contributed by atoms with van der Waals surface area (Å²) in [5.74, 6) is 1.35. The van der Waals surface area contributed by atoms with Gasteiger partial charge in [0.2, 0.25) is 0 Å². The molecule has 0 atom stereocenters. The van der Waals surface area contributed by atoms with E-state index in [4.69, 9.17) is 32.7 Å². The molecule has 2 aromatic rings. The van der Waals surface area contributed by atoms with Gasteiger partial charge in [0.1, 0.15) is 6.61 Å². The van der Waals surface area contributed by atoms with Gasteiger partial charge in [0.05, 0.1) is 21.6 Å². The zero-order chi connectivity index (χ0) is 18.9. The van der Waals surface area contributed by atoms with Gasteiger partial charge in [0.15, 0.2) is 11.5 Å². The summed E-state index contributed by atoms with van der Waals surface area (Å²) in [6.07, 6.45) is 1.08. The smallest absolute Gasteiger partial charge is 0.175 e. The number of rotatable bonds is 10. The van der Waals surface area contributed by atoms with E-state index in [0.717, 1.165) is 41.7 Å². The Hall–Kier alpha value is -0.980. The fourth-order valence-corrected chi connectivity index (χ4v) is 3.35. The van der Waals surface area contributed by atoms with Gasteiger partial charge in [-0.25, -0.2) is 0 Å². The molecule has 0 aromatic heterocycles. The fourth-order valence-electron chi connectivity index (χ4n) is 2.42. The topological polar surface area (TPSA) is 42.5 Å². The highest BCUT2D eigenvalue weighted by Crippen LogP contribution is 2.37. The summed E-state index contributed by atoms with van der Waals surface area (Å²) >= 11 is 15.6. The lowest BCUT2D eigenvalue weighted by atomic mass is 10.2. The van der Waals surface area contributed by atoms with Crippen LogP contribution in [0.1, 0.15) is 17.5 Å². The van der Waals surface area contributed by atoms with Gasteiger partial charge in [-0.1, -0.05) is 29.3 Å². The summed E-state index contributed by atoms with van der Waals surface area (Å²) in [6, 6.07) is 9.47. The van der Waals surface area contributed by atoms with Gasteiger partial charge < -0.3 is 20.1 Å². The molecule has 0 bridgehead atoms.